The summed E-state index contributed by atoms with van der Waals surface area (Å²) in [4.78, 5) is 69.3. The number of ketones is 1. The Morgan fingerprint density at radius 3 is 2.48 bits per heavy atom. The molecule has 0 aromatic carbocycles. The highest BCUT2D eigenvalue weighted by molar-refractivity contribution is 7.90. The second-order valence-electron chi connectivity index (χ2n) is 15.6. The highest BCUT2D eigenvalue weighted by atomic mass is 32.2. The van der Waals surface area contributed by atoms with Crippen molar-refractivity contribution in [1.29, 1.82) is 0 Å². The van der Waals surface area contributed by atoms with Crippen LogP contribution >= 0.6 is 0 Å². The number of nitrogens with zero attached hydrogens (tertiary/aromatic N) is 1. The smallest absolute Gasteiger partial charge is 0.316 e. The van der Waals surface area contributed by atoms with Crippen LogP contribution in [0.4, 0.5) is 4.79 Å². The van der Waals surface area contributed by atoms with Crippen molar-refractivity contribution in [2.24, 2.45) is 22.7 Å². The number of carbonyl (C=O) groups excluding carboxylic acids is 5. The molecule has 3 unspecified atom stereocenters. The Balaban J connectivity index is 1.51. The number of Topliss-reactive ketones (excluding diaryl/α,β-unsaturated/α-hetero) is 1. The summed E-state index contributed by atoms with van der Waals surface area (Å²) in [7, 11) is 0. The molecule has 2 saturated carbocycles. The average molecular weight is 712 g/mol. The van der Waals surface area contributed by atoms with Gasteiger partial charge in [-0.2, -0.15) is 0 Å². The van der Waals surface area contributed by atoms with Crippen LogP contribution in [0.5, 0.6) is 0 Å². The maximum Gasteiger partial charge on any atom is 0.316 e. The van der Waals surface area contributed by atoms with E-state index in [9.17, 15) is 28.5 Å². The van der Waals surface area contributed by atoms with Crippen molar-refractivity contribution in [3.63, 3.8) is 0 Å². The molecule has 3 fully saturated rings. The highest BCUT2D eigenvalue weighted by Gasteiger charge is 2.70. The van der Waals surface area contributed by atoms with Crippen LogP contribution in [0.15, 0.2) is 35.5 Å². The Morgan fingerprint density at radius 1 is 1.18 bits per heavy atom. The molecule has 1 saturated heterocycles. The van der Waals surface area contributed by atoms with E-state index in [1.807, 2.05) is 34.6 Å². The minimum atomic E-state index is -1.30. The molecule has 12 nitrogen and oxygen atoms in total. The summed E-state index contributed by atoms with van der Waals surface area (Å²) in [6, 6.07) is -0.101. The number of likely N-dealkylation sites (tertiary alicyclic amines) is 1. The number of urea groups is 1. The molecule has 0 bridgehead atoms. The van der Waals surface area contributed by atoms with Gasteiger partial charge in [0, 0.05) is 19.5 Å². The van der Waals surface area contributed by atoms with Gasteiger partial charge in [-0.3, -0.25) is 19.2 Å². The largest absolute Gasteiger partial charge is 0.616 e. The molecule has 0 radical (unpaired) electrons. The molecule has 1 aromatic heterocycles. The standard InChI is InChI=1S/C37H53N5O7S/c1-8-10-16-26(29(43)32(45)38-19-9-2)39-31(44)28-27-25(36(27,6)7)21-42(28)33(46)30(35(3,4)5)40-34(47)41-37(17-12-11-13-18-37)23-50(48)22-24-15-14-20-49-24/h1,9,14-15,20,25-28,30H,2,10-13,16-19,21-23H2,3-7H3,(H,38,45)(H,39,44)(H2,40,41,47)/t25?,26?,27-,28-,30+,50?/m0/s1. The topological polar surface area (TPSA) is 173 Å². The summed E-state index contributed by atoms with van der Waals surface area (Å²) in [6.07, 6.45) is 12.7. The van der Waals surface area contributed by atoms with Crippen LogP contribution in [0.1, 0.15) is 85.3 Å². The lowest BCUT2D eigenvalue weighted by Crippen LogP contribution is -2.64. The van der Waals surface area contributed by atoms with E-state index < -0.39 is 69.8 Å². The Morgan fingerprint density at radius 2 is 1.88 bits per heavy atom. The molecule has 3 aliphatic rings. The normalized spacial score (nSPS) is 23.6. The minimum absolute atomic E-state index is 0.0436. The van der Waals surface area contributed by atoms with Gasteiger partial charge in [0.1, 0.15) is 17.8 Å². The molecule has 2 heterocycles. The van der Waals surface area contributed by atoms with Gasteiger partial charge < -0.3 is 35.1 Å². The van der Waals surface area contributed by atoms with E-state index in [2.05, 4.69) is 33.8 Å². The maximum atomic E-state index is 14.4. The van der Waals surface area contributed by atoms with Crippen molar-refractivity contribution in [2.45, 2.75) is 109 Å². The van der Waals surface area contributed by atoms with Crippen LogP contribution in [-0.2, 0) is 36.1 Å². The average Bonchev–Trinajstić information content (AvgIpc) is 3.46. The third-order valence-electron chi connectivity index (χ3n) is 10.5. The Kier molecular flexibility index (Phi) is 12.5. The van der Waals surface area contributed by atoms with Gasteiger partial charge in [-0.1, -0.05) is 60.0 Å². The van der Waals surface area contributed by atoms with Crippen LogP contribution in [0, 0.1) is 35.0 Å². The first-order chi connectivity index (χ1) is 23.5. The molecular formula is C37H53N5O7S. The molecule has 4 rings (SSSR count). The summed E-state index contributed by atoms with van der Waals surface area (Å²) >= 11 is -1.30. The molecule has 6 atom stereocenters. The number of fused-ring (bicyclic) bond motifs is 1. The van der Waals surface area contributed by atoms with Gasteiger partial charge in [0.2, 0.25) is 17.6 Å². The van der Waals surface area contributed by atoms with Crippen molar-refractivity contribution >= 4 is 40.7 Å². The highest BCUT2D eigenvalue weighted by Crippen LogP contribution is 2.65. The number of furan rings is 1. The molecule has 0 spiro atoms. The molecule has 1 aliphatic heterocycles. The van der Waals surface area contributed by atoms with Crippen molar-refractivity contribution in [3.05, 3.63) is 36.8 Å². The number of piperidine rings is 1. The van der Waals surface area contributed by atoms with Gasteiger partial charge in [0.25, 0.3) is 5.91 Å². The van der Waals surface area contributed by atoms with Crippen LogP contribution in [0.25, 0.3) is 0 Å². The molecule has 13 heteroatoms. The van der Waals surface area contributed by atoms with Crippen molar-refractivity contribution < 1.29 is 32.9 Å². The number of carbonyl (C=O) groups is 5. The van der Waals surface area contributed by atoms with Crippen LogP contribution in [-0.4, -0.2) is 81.5 Å². The summed E-state index contributed by atoms with van der Waals surface area (Å²) in [5.74, 6) is 0.798. The van der Waals surface area contributed by atoms with Crippen molar-refractivity contribution in [2.75, 3.05) is 18.8 Å². The van der Waals surface area contributed by atoms with Crippen LogP contribution in [0.3, 0.4) is 0 Å². The van der Waals surface area contributed by atoms with E-state index in [0.29, 0.717) is 25.1 Å². The SMILES string of the molecule is C#CCCC(NC(=O)[C@@H]1[C@@H]2C(CN1C(=O)[C@@H](NC(=O)NC1(C[S+]([O-])Cc3ccco3)CCCCC1)C(C)(C)C)C2(C)C)C(=O)C(=O)NCC=C. The zero-order chi connectivity index (χ0) is 36.9. The predicted molar refractivity (Wildman–Crippen MR) is 191 cm³/mol. The second kappa shape index (κ2) is 16.1. The van der Waals surface area contributed by atoms with E-state index in [0.717, 1.165) is 19.3 Å². The summed E-state index contributed by atoms with van der Waals surface area (Å²) in [6.45, 7) is 13.5. The van der Waals surface area contributed by atoms with E-state index in [-0.39, 0.29) is 48.1 Å². The fraction of sp³-hybridized carbons (Fsp3) is 0.649. The Hall–Kier alpha value is -3.76. The number of hydrogen-bond donors (Lipinski definition) is 4. The third kappa shape index (κ3) is 9.12. The lowest BCUT2D eigenvalue weighted by atomic mass is 9.83. The van der Waals surface area contributed by atoms with Crippen molar-refractivity contribution in [1.82, 2.24) is 26.2 Å². The first-order valence-corrected chi connectivity index (χ1v) is 19.0. The molecule has 274 valence electrons. The first kappa shape index (κ1) is 39.0. The lowest BCUT2D eigenvalue weighted by molar-refractivity contribution is -0.145. The third-order valence-corrected chi connectivity index (χ3v) is 12.0. The molecular weight excluding hydrogens is 659 g/mol. The zero-order valence-electron chi connectivity index (χ0n) is 30.0. The number of rotatable bonds is 15. The summed E-state index contributed by atoms with van der Waals surface area (Å²) in [5.41, 5.74) is -1.67. The molecule has 4 N–H and O–H groups in total. The fourth-order valence-electron chi connectivity index (χ4n) is 7.65. The zero-order valence-corrected chi connectivity index (χ0v) is 30.8. The Bertz CT molecular complexity index is 1460. The minimum Gasteiger partial charge on any atom is -0.616 e. The van der Waals surface area contributed by atoms with E-state index in [4.69, 9.17) is 10.8 Å². The Labute approximate surface area is 298 Å². The van der Waals surface area contributed by atoms with E-state index in [1.165, 1.54) is 11.0 Å². The number of hydrogen-bond acceptors (Lipinski definition) is 7. The number of nitrogens with one attached hydrogen (secondary N) is 4. The van der Waals surface area contributed by atoms with Crippen LogP contribution < -0.4 is 21.3 Å². The monoisotopic (exact) mass is 711 g/mol. The second-order valence-corrected chi connectivity index (χ2v) is 17.1. The van der Waals surface area contributed by atoms with E-state index in [1.54, 1.807) is 18.4 Å². The van der Waals surface area contributed by atoms with Crippen LogP contribution in [0.2, 0.25) is 0 Å². The number of amides is 5. The molecule has 1 aromatic rings. The lowest BCUT2D eigenvalue weighted by Gasteiger charge is -2.40. The predicted octanol–water partition coefficient (Wildman–Crippen LogP) is 3.20. The van der Waals surface area contributed by atoms with Gasteiger partial charge in [-0.15, -0.1) is 18.9 Å². The summed E-state index contributed by atoms with van der Waals surface area (Å²) < 4.78 is 18.6. The fourth-order valence-corrected chi connectivity index (χ4v) is 9.21. The molecule has 5 amide bonds. The van der Waals surface area contributed by atoms with Gasteiger partial charge in [-0.05, 0) is 65.2 Å². The van der Waals surface area contributed by atoms with E-state index >= 15 is 0 Å². The van der Waals surface area contributed by atoms with Crippen molar-refractivity contribution in [3.8, 4) is 12.3 Å². The van der Waals surface area contributed by atoms with Gasteiger partial charge in [-0.25, -0.2) is 4.79 Å². The quantitative estimate of drug-likeness (QED) is 0.0936. The first-order valence-electron chi connectivity index (χ1n) is 17.5. The van der Waals surface area contributed by atoms with Gasteiger partial charge in [0.15, 0.2) is 11.5 Å². The molecule has 50 heavy (non-hydrogen) atoms. The van der Waals surface area contributed by atoms with Gasteiger partial charge >= 0.3 is 6.03 Å². The summed E-state index contributed by atoms with van der Waals surface area (Å²) in [5, 5.41) is 11.2. The molecule has 2 aliphatic carbocycles. The number of terminal acetylenes is 1. The van der Waals surface area contributed by atoms with Gasteiger partial charge in [0.05, 0.1) is 17.8 Å². The maximum absolute atomic E-state index is 14.4.